The average molecular weight is 274 g/mol. The fourth-order valence-corrected chi connectivity index (χ4v) is 2.81. The zero-order chi connectivity index (χ0) is 12.4. The average Bonchev–Trinajstić information content (AvgIpc) is 2.16. The van der Waals surface area contributed by atoms with Gasteiger partial charge in [-0.3, -0.25) is 0 Å². The number of hydrogen-bond donors (Lipinski definition) is 0. The van der Waals surface area contributed by atoms with Crippen LogP contribution in [0.1, 0.15) is 39.2 Å². The fourth-order valence-electron chi connectivity index (χ4n) is 1.46. The van der Waals surface area contributed by atoms with E-state index in [1.165, 1.54) is 0 Å². The maximum absolute atomic E-state index is 12.0. The molecule has 0 radical (unpaired) electrons. The van der Waals surface area contributed by atoms with Gasteiger partial charge in [-0.1, -0.05) is 37.3 Å². The third kappa shape index (κ3) is 4.36. The molecule has 98 valence electrons. The van der Waals surface area contributed by atoms with E-state index in [-0.39, 0.29) is 25.2 Å². The molecule has 0 amide bonds. The van der Waals surface area contributed by atoms with Crippen LogP contribution in [0.5, 0.6) is 0 Å². The first-order chi connectivity index (χ1) is 7.24. The minimum Gasteiger partial charge on any atom is -0.228 e. The highest BCUT2D eigenvalue weighted by atomic mass is 32.2. The third-order valence-corrected chi connectivity index (χ3v) is 5.58. The minimum absolute atomic E-state index is 0. The fraction of sp³-hybridized carbons (Fsp3) is 0.538. The lowest BCUT2D eigenvalue weighted by Crippen LogP contribution is -2.32. The predicted molar refractivity (Wildman–Crippen MR) is 78.8 cm³/mol. The molecule has 2 nitrogen and oxygen atoms in total. The van der Waals surface area contributed by atoms with Gasteiger partial charge in [0, 0.05) is 0 Å². The monoisotopic (exact) mass is 274 g/mol. The Morgan fingerprint density at radius 3 is 2.00 bits per heavy atom. The Bertz CT molecular complexity index is 430. The van der Waals surface area contributed by atoms with Gasteiger partial charge in [0.05, 0.1) is 10.5 Å². The van der Waals surface area contributed by atoms with Crippen molar-refractivity contribution in [1.82, 2.24) is 0 Å². The first kappa shape index (κ1) is 16.5. The second-order valence-corrected chi connectivity index (χ2v) is 7.99. The maximum Gasteiger partial charge on any atom is 0.155 e. The summed E-state index contributed by atoms with van der Waals surface area (Å²) in [5.41, 5.74) is 1.08. The van der Waals surface area contributed by atoms with E-state index in [4.69, 9.17) is 0 Å². The zero-order valence-corrected chi connectivity index (χ0v) is 12.7. The Morgan fingerprint density at radius 2 is 1.59 bits per heavy atom. The molecule has 0 heterocycles. The largest absolute Gasteiger partial charge is 0.228 e. The number of sulfone groups is 1. The van der Waals surface area contributed by atoms with Gasteiger partial charge in [-0.05, 0) is 32.3 Å². The van der Waals surface area contributed by atoms with Crippen molar-refractivity contribution < 1.29 is 8.42 Å². The van der Waals surface area contributed by atoms with Crippen LogP contribution < -0.4 is 0 Å². The quantitative estimate of drug-likeness (QED) is 0.848. The van der Waals surface area contributed by atoms with Gasteiger partial charge in [-0.15, -0.1) is 0 Å². The summed E-state index contributed by atoms with van der Waals surface area (Å²) in [7, 11) is -3.05. The summed E-state index contributed by atoms with van der Waals surface area (Å²) in [4.78, 5) is 0. The molecule has 0 spiro atoms. The van der Waals surface area contributed by atoms with Gasteiger partial charge in [0.15, 0.2) is 9.84 Å². The molecule has 1 rings (SSSR count). The van der Waals surface area contributed by atoms with Gasteiger partial charge >= 0.3 is 0 Å². The van der Waals surface area contributed by atoms with Gasteiger partial charge in [-0.2, -0.15) is 13.5 Å². The molecule has 0 aliphatic heterocycles. The van der Waals surface area contributed by atoms with E-state index >= 15 is 0 Å². The van der Waals surface area contributed by atoms with Gasteiger partial charge in [0.1, 0.15) is 0 Å². The van der Waals surface area contributed by atoms with Crippen molar-refractivity contribution in [3.05, 3.63) is 35.9 Å². The molecule has 0 saturated heterocycles. The molecule has 17 heavy (non-hydrogen) atoms. The van der Waals surface area contributed by atoms with Crippen LogP contribution in [0.2, 0.25) is 0 Å². The predicted octanol–water partition coefficient (Wildman–Crippen LogP) is 3.12. The normalized spacial score (nSPS) is 13.9. The first-order valence-electron chi connectivity index (χ1n) is 5.51. The Kier molecular flexibility index (Phi) is 5.75. The minimum atomic E-state index is -3.05. The molecule has 1 aromatic carbocycles. The molecule has 0 saturated carbocycles. The van der Waals surface area contributed by atoms with Crippen LogP contribution in [0.25, 0.3) is 0 Å². The van der Waals surface area contributed by atoms with Crippen molar-refractivity contribution in [3.63, 3.8) is 0 Å². The number of hydrogen-bond acceptors (Lipinski definition) is 2. The van der Waals surface area contributed by atoms with Crippen molar-refractivity contribution in [2.24, 2.45) is 0 Å². The van der Waals surface area contributed by atoms with Crippen LogP contribution >= 0.6 is 13.5 Å². The highest BCUT2D eigenvalue weighted by molar-refractivity contribution is 7.92. The van der Waals surface area contributed by atoms with Crippen LogP contribution in [0.15, 0.2) is 30.3 Å². The Balaban J connectivity index is 0.00000256. The highest BCUT2D eigenvalue weighted by Gasteiger charge is 2.30. The Labute approximate surface area is 112 Å². The summed E-state index contributed by atoms with van der Waals surface area (Å²) in [6, 6.07) is 9.77. The van der Waals surface area contributed by atoms with Crippen LogP contribution in [0, 0.1) is 0 Å². The van der Waals surface area contributed by atoms with E-state index in [0.29, 0.717) is 0 Å². The topological polar surface area (TPSA) is 34.1 Å². The van der Waals surface area contributed by atoms with Gasteiger partial charge in [-0.25, -0.2) is 8.42 Å². The van der Waals surface area contributed by atoms with Crippen molar-refractivity contribution in [2.75, 3.05) is 5.75 Å². The van der Waals surface area contributed by atoms with E-state index in [1.54, 1.807) is 20.8 Å². The smallest absolute Gasteiger partial charge is 0.155 e. The van der Waals surface area contributed by atoms with Gasteiger partial charge in [0.2, 0.25) is 0 Å². The lowest BCUT2D eigenvalue weighted by atomic mass is 10.0. The summed E-state index contributed by atoms with van der Waals surface area (Å²) in [6.07, 6.45) is 0. The second-order valence-electron chi connectivity index (χ2n) is 5.21. The van der Waals surface area contributed by atoms with E-state index in [9.17, 15) is 8.42 Å². The van der Waals surface area contributed by atoms with Crippen molar-refractivity contribution >= 4 is 23.3 Å². The molecule has 0 fully saturated rings. The van der Waals surface area contributed by atoms with Crippen LogP contribution in [-0.4, -0.2) is 18.9 Å². The first-order valence-corrected chi connectivity index (χ1v) is 7.16. The van der Waals surface area contributed by atoms with E-state index in [0.717, 1.165) is 5.56 Å². The summed E-state index contributed by atoms with van der Waals surface area (Å²) in [6.45, 7) is 7.21. The van der Waals surface area contributed by atoms with Crippen molar-refractivity contribution in [1.29, 1.82) is 0 Å². The molecule has 0 bridgehead atoms. The molecule has 0 N–H and O–H groups in total. The Hall–Kier alpha value is -0.480. The second kappa shape index (κ2) is 5.91. The summed E-state index contributed by atoms with van der Waals surface area (Å²) in [5, 5.41) is 0. The highest BCUT2D eigenvalue weighted by Crippen LogP contribution is 2.23. The maximum atomic E-state index is 12.0. The van der Waals surface area contributed by atoms with E-state index in [1.807, 2.05) is 37.3 Å². The van der Waals surface area contributed by atoms with Crippen LogP contribution in [0.4, 0.5) is 0 Å². The SMILES string of the molecule is CC(CS(=O)(=O)C(C)(C)C)c1ccccc1.S. The molecule has 0 aliphatic rings. The standard InChI is InChI=1S/C13H20O2S.H2S/c1-11(12-8-6-5-7-9-12)10-16(14,15)13(2,3)4;/h5-9,11H,10H2,1-4H3;1H2. The van der Waals surface area contributed by atoms with Crippen LogP contribution in [-0.2, 0) is 9.84 Å². The molecule has 1 aromatic rings. The Morgan fingerprint density at radius 1 is 1.12 bits per heavy atom. The molecule has 4 heteroatoms. The lowest BCUT2D eigenvalue weighted by Gasteiger charge is -2.22. The lowest BCUT2D eigenvalue weighted by molar-refractivity contribution is 0.555. The third-order valence-electron chi connectivity index (χ3n) is 2.77. The molecule has 0 aliphatic carbocycles. The van der Waals surface area contributed by atoms with Crippen molar-refractivity contribution in [3.8, 4) is 0 Å². The van der Waals surface area contributed by atoms with Crippen molar-refractivity contribution in [2.45, 2.75) is 38.4 Å². The van der Waals surface area contributed by atoms with Gasteiger partial charge in [0.25, 0.3) is 0 Å². The molecular formula is C13H22O2S2. The molecule has 0 aromatic heterocycles. The zero-order valence-electron chi connectivity index (χ0n) is 10.9. The van der Waals surface area contributed by atoms with E-state index in [2.05, 4.69) is 0 Å². The van der Waals surface area contributed by atoms with E-state index < -0.39 is 14.6 Å². The molecule has 1 atom stereocenters. The molecular weight excluding hydrogens is 252 g/mol. The summed E-state index contributed by atoms with van der Waals surface area (Å²) in [5.74, 6) is 0.256. The summed E-state index contributed by atoms with van der Waals surface area (Å²) >= 11 is 0. The number of benzene rings is 1. The van der Waals surface area contributed by atoms with Gasteiger partial charge < -0.3 is 0 Å². The number of rotatable bonds is 3. The summed E-state index contributed by atoms with van der Waals surface area (Å²) < 4.78 is 23.4. The van der Waals surface area contributed by atoms with Crippen LogP contribution in [0.3, 0.4) is 0 Å². The molecule has 1 unspecified atom stereocenters.